The molecule has 0 radical (unpaired) electrons. The van der Waals surface area contributed by atoms with Gasteiger partial charge in [-0.3, -0.25) is 0 Å². The third-order valence-corrected chi connectivity index (χ3v) is 3.50. The van der Waals surface area contributed by atoms with Gasteiger partial charge in [0.05, 0.1) is 5.60 Å². The van der Waals surface area contributed by atoms with Crippen LogP contribution in [0.4, 0.5) is 0 Å². The van der Waals surface area contributed by atoms with Gasteiger partial charge in [0.25, 0.3) is 0 Å². The highest BCUT2D eigenvalue weighted by atomic mass is 35.5. The zero-order valence-electron chi connectivity index (χ0n) is 8.26. The van der Waals surface area contributed by atoms with Crippen molar-refractivity contribution in [3.8, 4) is 0 Å². The molecule has 2 rings (SSSR count). The second kappa shape index (κ2) is 4.30. The number of aliphatic hydroxyl groups is 1. The van der Waals surface area contributed by atoms with E-state index >= 15 is 0 Å². The quantitative estimate of drug-likeness (QED) is 0.838. The van der Waals surface area contributed by atoms with Crippen LogP contribution in [0, 0.1) is 0 Å². The van der Waals surface area contributed by atoms with Gasteiger partial charge in [-0.2, -0.15) is 0 Å². The van der Waals surface area contributed by atoms with Crippen molar-refractivity contribution in [3.05, 3.63) is 33.8 Å². The van der Waals surface area contributed by atoms with Crippen molar-refractivity contribution >= 4 is 23.2 Å². The Balaban J connectivity index is 2.23. The van der Waals surface area contributed by atoms with E-state index in [9.17, 15) is 5.11 Å². The SMILES string of the molecule is OC1(Cc2c(Cl)cccc2Cl)CCNC1. The van der Waals surface area contributed by atoms with Gasteiger partial charge >= 0.3 is 0 Å². The van der Waals surface area contributed by atoms with Crippen LogP contribution in [-0.4, -0.2) is 23.8 Å². The van der Waals surface area contributed by atoms with E-state index < -0.39 is 5.60 Å². The summed E-state index contributed by atoms with van der Waals surface area (Å²) >= 11 is 12.1. The molecule has 82 valence electrons. The Bertz CT molecular complexity index is 341. The van der Waals surface area contributed by atoms with Crippen molar-refractivity contribution < 1.29 is 5.11 Å². The number of rotatable bonds is 2. The Morgan fingerprint density at radius 3 is 2.53 bits per heavy atom. The first kappa shape index (κ1) is 11.2. The standard InChI is InChI=1S/C11H13Cl2NO/c12-9-2-1-3-10(13)8(9)6-11(15)4-5-14-7-11/h1-3,14-15H,4-7H2. The first-order valence-corrected chi connectivity index (χ1v) is 5.72. The Morgan fingerprint density at radius 1 is 1.33 bits per heavy atom. The van der Waals surface area contributed by atoms with Crippen LogP contribution in [0.5, 0.6) is 0 Å². The van der Waals surface area contributed by atoms with Gasteiger partial charge in [0.1, 0.15) is 0 Å². The molecule has 1 aliphatic rings. The molecule has 1 heterocycles. The second-order valence-electron chi connectivity index (χ2n) is 4.03. The Kier molecular flexibility index (Phi) is 3.21. The minimum atomic E-state index is -0.700. The highest BCUT2D eigenvalue weighted by Gasteiger charge is 2.32. The zero-order chi connectivity index (χ0) is 10.9. The van der Waals surface area contributed by atoms with Gasteiger partial charge in [0, 0.05) is 23.0 Å². The van der Waals surface area contributed by atoms with Crippen LogP contribution in [0.3, 0.4) is 0 Å². The predicted molar refractivity (Wildman–Crippen MR) is 62.6 cm³/mol. The normalized spacial score (nSPS) is 25.8. The van der Waals surface area contributed by atoms with Crippen LogP contribution in [-0.2, 0) is 6.42 Å². The maximum Gasteiger partial charge on any atom is 0.0824 e. The molecule has 1 fully saturated rings. The summed E-state index contributed by atoms with van der Waals surface area (Å²) in [5, 5.41) is 14.6. The largest absolute Gasteiger partial charge is 0.388 e. The molecule has 0 amide bonds. The lowest BCUT2D eigenvalue weighted by atomic mass is 9.94. The Hall–Kier alpha value is -0.280. The first-order chi connectivity index (χ1) is 7.11. The van der Waals surface area contributed by atoms with Crippen molar-refractivity contribution in [3.63, 3.8) is 0 Å². The maximum atomic E-state index is 10.2. The van der Waals surface area contributed by atoms with Crippen molar-refractivity contribution in [1.29, 1.82) is 0 Å². The van der Waals surface area contributed by atoms with E-state index in [1.54, 1.807) is 12.1 Å². The number of hydrogen-bond acceptors (Lipinski definition) is 2. The van der Waals surface area contributed by atoms with Gasteiger partial charge in [0.15, 0.2) is 0 Å². The summed E-state index contributed by atoms with van der Waals surface area (Å²) < 4.78 is 0. The molecule has 1 saturated heterocycles. The molecule has 2 nitrogen and oxygen atoms in total. The highest BCUT2D eigenvalue weighted by molar-refractivity contribution is 6.36. The molecule has 1 aromatic rings. The van der Waals surface area contributed by atoms with Crippen LogP contribution in [0.15, 0.2) is 18.2 Å². The monoisotopic (exact) mass is 245 g/mol. The van der Waals surface area contributed by atoms with Gasteiger partial charge in [-0.05, 0) is 30.7 Å². The second-order valence-corrected chi connectivity index (χ2v) is 4.84. The fraction of sp³-hybridized carbons (Fsp3) is 0.455. The average molecular weight is 246 g/mol. The molecule has 0 aromatic heterocycles. The van der Waals surface area contributed by atoms with Crippen molar-refractivity contribution in [2.45, 2.75) is 18.4 Å². The van der Waals surface area contributed by atoms with Gasteiger partial charge < -0.3 is 10.4 Å². The topological polar surface area (TPSA) is 32.3 Å². The molecule has 0 spiro atoms. The van der Waals surface area contributed by atoms with E-state index in [0.717, 1.165) is 18.5 Å². The van der Waals surface area contributed by atoms with Crippen LogP contribution in [0.25, 0.3) is 0 Å². The number of halogens is 2. The van der Waals surface area contributed by atoms with Crippen LogP contribution >= 0.6 is 23.2 Å². The maximum absolute atomic E-state index is 10.2. The van der Waals surface area contributed by atoms with Crippen molar-refractivity contribution in [2.75, 3.05) is 13.1 Å². The molecule has 0 aliphatic carbocycles. The zero-order valence-corrected chi connectivity index (χ0v) is 9.78. The molecule has 4 heteroatoms. The highest BCUT2D eigenvalue weighted by Crippen LogP contribution is 2.30. The summed E-state index contributed by atoms with van der Waals surface area (Å²) in [7, 11) is 0. The van der Waals surface area contributed by atoms with Gasteiger partial charge in [0.2, 0.25) is 0 Å². The van der Waals surface area contributed by atoms with E-state index in [1.165, 1.54) is 0 Å². The van der Waals surface area contributed by atoms with E-state index in [-0.39, 0.29) is 0 Å². The predicted octanol–water partition coefficient (Wildman–Crippen LogP) is 2.26. The summed E-state index contributed by atoms with van der Waals surface area (Å²) in [4.78, 5) is 0. The lowest BCUT2D eigenvalue weighted by molar-refractivity contribution is 0.0619. The third kappa shape index (κ3) is 2.45. The molecule has 1 atom stereocenters. The van der Waals surface area contributed by atoms with Crippen LogP contribution < -0.4 is 5.32 Å². The molecule has 1 unspecified atom stereocenters. The summed E-state index contributed by atoms with van der Waals surface area (Å²) in [6, 6.07) is 5.41. The fourth-order valence-electron chi connectivity index (χ4n) is 1.91. The number of β-amino-alcohol motifs (C(OH)–C–C–N with tert-alkyl or cyclic N) is 1. The third-order valence-electron chi connectivity index (χ3n) is 2.79. The summed E-state index contributed by atoms with van der Waals surface area (Å²) in [6.07, 6.45) is 1.26. The number of benzene rings is 1. The summed E-state index contributed by atoms with van der Waals surface area (Å²) in [5.41, 5.74) is 0.140. The minimum Gasteiger partial charge on any atom is -0.388 e. The molecular formula is C11H13Cl2NO. The van der Waals surface area contributed by atoms with E-state index in [0.29, 0.717) is 23.0 Å². The lowest BCUT2D eigenvalue weighted by Crippen LogP contribution is -2.34. The van der Waals surface area contributed by atoms with E-state index in [1.807, 2.05) is 6.07 Å². The van der Waals surface area contributed by atoms with Crippen molar-refractivity contribution in [2.24, 2.45) is 0 Å². The van der Waals surface area contributed by atoms with Gasteiger partial charge in [-0.15, -0.1) is 0 Å². The summed E-state index contributed by atoms with van der Waals surface area (Å²) in [5.74, 6) is 0. The molecule has 1 aromatic carbocycles. The van der Waals surface area contributed by atoms with Gasteiger partial charge in [-0.25, -0.2) is 0 Å². The minimum absolute atomic E-state index is 0.512. The molecule has 15 heavy (non-hydrogen) atoms. The average Bonchev–Trinajstić information content (AvgIpc) is 2.60. The molecule has 1 aliphatic heterocycles. The lowest BCUT2D eigenvalue weighted by Gasteiger charge is -2.22. The molecule has 2 N–H and O–H groups in total. The summed E-state index contributed by atoms with van der Waals surface area (Å²) in [6.45, 7) is 1.45. The molecule has 0 saturated carbocycles. The van der Waals surface area contributed by atoms with Crippen LogP contribution in [0.1, 0.15) is 12.0 Å². The van der Waals surface area contributed by atoms with Crippen LogP contribution in [0.2, 0.25) is 10.0 Å². The smallest absolute Gasteiger partial charge is 0.0824 e. The van der Waals surface area contributed by atoms with E-state index in [2.05, 4.69) is 5.32 Å². The Morgan fingerprint density at radius 2 is 2.00 bits per heavy atom. The number of hydrogen-bond donors (Lipinski definition) is 2. The van der Waals surface area contributed by atoms with Gasteiger partial charge in [-0.1, -0.05) is 29.3 Å². The van der Waals surface area contributed by atoms with Crippen molar-refractivity contribution in [1.82, 2.24) is 5.32 Å². The fourth-order valence-corrected chi connectivity index (χ4v) is 2.44. The first-order valence-electron chi connectivity index (χ1n) is 4.97. The molecular weight excluding hydrogens is 233 g/mol. The number of nitrogens with one attached hydrogen (secondary N) is 1. The Labute approximate surface area is 99.2 Å². The molecule has 0 bridgehead atoms. The van der Waals surface area contributed by atoms with E-state index in [4.69, 9.17) is 23.2 Å².